The van der Waals surface area contributed by atoms with Crippen molar-refractivity contribution in [3.63, 3.8) is 0 Å². The van der Waals surface area contributed by atoms with Gasteiger partial charge in [0.1, 0.15) is 5.82 Å². The zero-order valence-electron chi connectivity index (χ0n) is 18.0. The highest BCUT2D eigenvalue weighted by Crippen LogP contribution is 2.47. The minimum absolute atomic E-state index is 0.136. The van der Waals surface area contributed by atoms with Crippen LogP contribution in [0, 0.1) is 6.92 Å². The van der Waals surface area contributed by atoms with Gasteiger partial charge in [-0.2, -0.15) is 14.3 Å². The Hall–Kier alpha value is -4.15. The van der Waals surface area contributed by atoms with Crippen molar-refractivity contribution >= 4 is 17.4 Å². The SMILES string of the molecule is COc1ccc(C2CC(=O)Nc3c2cnn3-c2ccc3nnc(C)n3n2)c(OC)c1OC. The van der Waals surface area contributed by atoms with Gasteiger partial charge in [-0.1, -0.05) is 6.07 Å². The molecule has 32 heavy (non-hydrogen) atoms. The van der Waals surface area contributed by atoms with E-state index in [0.29, 0.717) is 40.4 Å². The first-order valence-electron chi connectivity index (χ1n) is 9.91. The highest BCUT2D eigenvalue weighted by molar-refractivity contribution is 5.95. The second kappa shape index (κ2) is 7.52. The maximum atomic E-state index is 12.7. The Kier molecular flexibility index (Phi) is 4.65. The van der Waals surface area contributed by atoms with Gasteiger partial charge in [-0.15, -0.1) is 15.3 Å². The van der Waals surface area contributed by atoms with E-state index >= 15 is 0 Å². The molecule has 0 saturated carbocycles. The fourth-order valence-corrected chi connectivity index (χ4v) is 4.07. The predicted molar refractivity (Wildman–Crippen MR) is 114 cm³/mol. The van der Waals surface area contributed by atoms with Gasteiger partial charge in [0.05, 0.1) is 27.5 Å². The van der Waals surface area contributed by atoms with E-state index < -0.39 is 0 Å². The smallest absolute Gasteiger partial charge is 0.226 e. The van der Waals surface area contributed by atoms with Crippen LogP contribution in [0.3, 0.4) is 0 Å². The lowest BCUT2D eigenvalue weighted by atomic mass is 9.86. The van der Waals surface area contributed by atoms with E-state index in [4.69, 9.17) is 14.2 Å². The van der Waals surface area contributed by atoms with Gasteiger partial charge < -0.3 is 19.5 Å². The Labute approximate surface area is 182 Å². The first-order chi connectivity index (χ1) is 15.5. The molecule has 5 rings (SSSR count). The van der Waals surface area contributed by atoms with Crippen LogP contribution in [0.1, 0.15) is 29.3 Å². The number of ether oxygens (including phenoxy) is 3. The molecule has 1 aliphatic rings. The number of carbonyl (C=O) groups is 1. The van der Waals surface area contributed by atoms with Crippen LogP contribution in [-0.4, -0.2) is 56.8 Å². The minimum atomic E-state index is -0.289. The number of amides is 1. The largest absolute Gasteiger partial charge is 0.493 e. The Morgan fingerprint density at radius 2 is 1.81 bits per heavy atom. The third-order valence-corrected chi connectivity index (χ3v) is 5.55. The molecule has 1 N–H and O–H groups in total. The molecule has 4 heterocycles. The van der Waals surface area contributed by atoms with Crippen LogP contribution in [0.4, 0.5) is 5.82 Å². The molecule has 1 aliphatic heterocycles. The average Bonchev–Trinajstić information content (AvgIpc) is 3.40. The molecule has 11 nitrogen and oxygen atoms in total. The predicted octanol–water partition coefficient (Wildman–Crippen LogP) is 2.12. The number of nitrogens with zero attached hydrogens (tertiary/aromatic N) is 6. The summed E-state index contributed by atoms with van der Waals surface area (Å²) in [6.45, 7) is 1.82. The molecule has 4 aromatic rings. The summed E-state index contributed by atoms with van der Waals surface area (Å²) >= 11 is 0. The molecule has 0 fully saturated rings. The molecule has 1 unspecified atom stereocenters. The quantitative estimate of drug-likeness (QED) is 0.507. The second-order valence-corrected chi connectivity index (χ2v) is 7.30. The van der Waals surface area contributed by atoms with Gasteiger partial charge in [-0.3, -0.25) is 4.79 Å². The fraction of sp³-hybridized carbons (Fsp3) is 0.286. The highest BCUT2D eigenvalue weighted by atomic mass is 16.5. The van der Waals surface area contributed by atoms with E-state index in [-0.39, 0.29) is 18.2 Å². The number of methoxy groups -OCH3 is 3. The number of benzene rings is 1. The van der Waals surface area contributed by atoms with Crippen molar-refractivity contribution in [2.24, 2.45) is 0 Å². The van der Waals surface area contributed by atoms with E-state index in [0.717, 1.165) is 11.1 Å². The van der Waals surface area contributed by atoms with Crippen LogP contribution in [0.2, 0.25) is 0 Å². The minimum Gasteiger partial charge on any atom is -0.493 e. The van der Waals surface area contributed by atoms with Crippen LogP contribution >= 0.6 is 0 Å². The first-order valence-corrected chi connectivity index (χ1v) is 9.91. The molecular formula is C21H21N7O4. The number of fused-ring (bicyclic) bond motifs is 2. The van der Waals surface area contributed by atoms with Crippen LogP contribution < -0.4 is 19.5 Å². The number of hydrogen-bond acceptors (Lipinski definition) is 8. The Balaban J connectivity index is 1.65. The first kappa shape index (κ1) is 19.8. The monoisotopic (exact) mass is 435 g/mol. The van der Waals surface area contributed by atoms with E-state index in [1.54, 1.807) is 54.9 Å². The summed E-state index contributed by atoms with van der Waals surface area (Å²) in [5.74, 6) is 2.85. The topological polar surface area (TPSA) is 118 Å². The van der Waals surface area contributed by atoms with Crippen LogP contribution in [0.15, 0.2) is 30.5 Å². The van der Waals surface area contributed by atoms with E-state index in [1.165, 1.54) is 0 Å². The summed E-state index contributed by atoms with van der Waals surface area (Å²) in [7, 11) is 4.68. The number of hydrogen-bond donors (Lipinski definition) is 1. The number of anilines is 1. The molecule has 1 atom stereocenters. The highest BCUT2D eigenvalue weighted by Gasteiger charge is 2.34. The Morgan fingerprint density at radius 1 is 1.00 bits per heavy atom. The third-order valence-electron chi connectivity index (χ3n) is 5.55. The molecule has 0 radical (unpaired) electrons. The fourth-order valence-electron chi connectivity index (χ4n) is 4.07. The van der Waals surface area contributed by atoms with Crippen molar-refractivity contribution < 1.29 is 19.0 Å². The van der Waals surface area contributed by atoms with Crippen molar-refractivity contribution in [1.82, 2.24) is 29.6 Å². The van der Waals surface area contributed by atoms with Gasteiger partial charge in [0.2, 0.25) is 11.7 Å². The molecule has 0 saturated heterocycles. The van der Waals surface area contributed by atoms with Crippen LogP contribution in [-0.2, 0) is 4.79 Å². The zero-order valence-corrected chi connectivity index (χ0v) is 18.0. The summed E-state index contributed by atoms with van der Waals surface area (Å²) < 4.78 is 19.8. The summed E-state index contributed by atoms with van der Waals surface area (Å²) in [4.78, 5) is 12.7. The standard InChI is InChI=1S/C21H21N7O4/c1-11-24-25-16-7-8-17(26-27(11)16)28-21-14(10-22-28)13(9-18(29)23-21)12-5-6-15(30-2)20(32-4)19(12)31-3/h5-8,10,13H,9H2,1-4H3,(H,23,29). The van der Waals surface area contributed by atoms with Crippen molar-refractivity contribution in [3.05, 3.63) is 47.4 Å². The van der Waals surface area contributed by atoms with Crippen molar-refractivity contribution in [2.75, 3.05) is 26.6 Å². The third kappa shape index (κ3) is 2.93. The number of aryl methyl sites for hydroxylation is 1. The Morgan fingerprint density at radius 3 is 2.56 bits per heavy atom. The lowest BCUT2D eigenvalue weighted by Crippen LogP contribution is -2.25. The zero-order chi connectivity index (χ0) is 22.4. The van der Waals surface area contributed by atoms with Crippen LogP contribution in [0.25, 0.3) is 11.5 Å². The van der Waals surface area contributed by atoms with Gasteiger partial charge in [0.25, 0.3) is 0 Å². The molecular weight excluding hydrogens is 414 g/mol. The van der Waals surface area contributed by atoms with E-state index in [9.17, 15) is 4.79 Å². The molecule has 11 heteroatoms. The summed E-state index contributed by atoms with van der Waals surface area (Å²) in [5, 5.41) is 20.1. The molecule has 164 valence electrons. The lowest BCUT2D eigenvalue weighted by molar-refractivity contribution is -0.116. The summed E-state index contributed by atoms with van der Waals surface area (Å²) in [6, 6.07) is 7.27. The summed E-state index contributed by atoms with van der Waals surface area (Å²) in [6.07, 6.45) is 1.97. The van der Waals surface area contributed by atoms with Crippen molar-refractivity contribution in [3.8, 4) is 23.1 Å². The molecule has 3 aromatic heterocycles. The maximum absolute atomic E-state index is 12.7. The second-order valence-electron chi connectivity index (χ2n) is 7.30. The molecule has 0 spiro atoms. The van der Waals surface area contributed by atoms with Crippen molar-refractivity contribution in [1.29, 1.82) is 0 Å². The van der Waals surface area contributed by atoms with E-state index in [2.05, 4.69) is 25.7 Å². The molecule has 0 aliphatic carbocycles. The van der Waals surface area contributed by atoms with E-state index in [1.807, 2.05) is 13.0 Å². The lowest BCUT2D eigenvalue weighted by Gasteiger charge is -2.26. The number of nitrogens with one attached hydrogen (secondary N) is 1. The average molecular weight is 435 g/mol. The maximum Gasteiger partial charge on any atom is 0.226 e. The number of rotatable bonds is 5. The Bertz CT molecular complexity index is 1340. The van der Waals surface area contributed by atoms with Gasteiger partial charge >= 0.3 is 0 Å². The van der Waals surface area contributed by atoms with Gasteiger partial charge in [0.15, 0.2) is 28.8 Å². The molecule has 1 amide bonds. The normalized spacial score (nSPS) is 15.4. The van der Waals surface area contributed by atoms with Gasteiger partial charge in [0, 0.05) is 23.5 Å². The number of carbonyl (C=O) groups excluding carboxylic acids is 1. The number of aromatic nitrogens is 6. The van der Waals surface area contributed by atoms with Gasteiger partial charge in [-0.25, -0.2) is 0 Å². The van der Waals surface area contributed by atoms with Gasteiger partial charge in [-0.05, 0) is 25.1 Å². The molecule has 0 bridgehead atoms. The molecule has 1 aromatic carbocycles. The summed E-state index contributed by atoms with van der Waals surface area (Å²) in [5.41, 5.74) is 2.28. The van der Waals surface area contributed by atoms with Crippen molar-refractivity contribution in [2.45, 2.75) is 19.3 Å². The van der Waals surface area contributed by atoms with Crippen LogP contribution in [0.5, 0.6) is 17.2 Å².